The Morgan fingerprint density at radius 2 is 1.38 bits per heavy atom. The van der Waals surface area contributed by atoms with Crippen LogP contribution in [0.5, 0.6) is 0 Å². The molecule has 2 aromatic carbocycles. The quantitative estimate of drug-likeness (QED) is 0.663. The summed E-state index contributed by atoms with van der Waals surface area (Å²) in [5, 5.41) is 8.99. The Labute approximate surface area is 158 Å². The van der Waals surface area contributed by atoms with Gasteiger partial charge in [0.05, 0.1) is 0 Å². The van der Waals surface area contributed by atoms with Crippen LogP contribution in [0.2, 0.25) is 5.02 Å². The normalized spacial score (nSPS) is 14.5. The van der Waals surface area contributed by atoms with E-state index in [9.17, 15) is 9.59 Å². The number of amides is 3. The van der Waals surface area contributed by atoms with Crippen molar-refractivity contribution < 1.29 is 9.59 Å². The minimum absolute atomic E-state index is 0.0604. The molecular formula is C20H22ClN3O2. The van der Waals surface area contributed by atoms with Gasteiger partial charge >= 0.3 is 6.03 Å². The van der Waals surface area contributed by atoms with Crippen LogP contribution >= 0.6 is 11.6 Å². The zero-order valence-electron chi connectivity index (χ0n) is 14.4. The van der Waals surface area contributed by atoms with Crippen LogP contribution in [0.3, 0.4) is 0 Å². The van der Waals surface area contributed by atoms with Gasteiger partial charge in [-0.05, 0) is 49.2 Å². The van der Waals surface area contributed by atoms with Crippen molar-refractivity contribution in [1.82, 2.24) is 0 Å². The first-order chi connectivity index (χ1) is 12.6. The first-order valence-corrected chi connectivity index (χ1v) is 9.22. The molecule has 5 nitrogen and oxygen atoms in total. The molecule has 1 aliphatic rings. The molecule has 0 heterocycles. The van der Waals surface area contributed by atoms with E-state index in [2.05, 4.69) is 16.0 Å². The zero-order valence-corrected chi connectivity index (χ0v) is 15.2. The molecule has 0 radical (unpaired) electrons. The van der Waals surface area contributed by atoms with E-state index in [1.165, 1.54) is 6.42 Å². The molecule has 1 fully saturated rings. The van der Waals surface area contributed by atoms with E-state index in [1.807, 2.05) is 6.07 Å². The van der Waals surface area contributed by atoms with E-state index < -0.39 is 0 Å². The summed E-state index contributed by atoms with van der Waals surface area (Å²) in [7, 11) is 0. The van der Waals surface area contributed by atoms with Gasteiger partial charge in [-0.1, -0.05) is 43.0 Å². The lowest BCUT2D eigenvalue weighted by Crippen LogP contribution is -2.24. The van der Waals surface area contributed by atoms with Crippen LogP contribution in [-0.2, 0) is 4.79 Å². The maximum Gasteiger partial charge on any atom is 0.323 e. The Morgan fingerprint density at radius 3 is 2.04 bits per heavy atom. The van der Waals surface area contributed by atoms with Gasteiger partial charge in [-0.25, -0.2) is 4.79 Å². The number of urea groups is 1. The number of carbonyl (C=O) groups excluding carboxylic acids is 2. The highest BCUT2D eigenvalue weighted by molar-refractivity contribution is 6.30. The summed E-state index contributed by atoms with van der Waals surface area (Å²) in [5.41, 5.74) is 1.89. The molecule has 0 atom stereocenters. The van der Waals surface area contributed by atoms with E-state index in [-0.39, 0.29) is 17.9 Å². The van der Waals surface area contributed by atoms with Crippen molar-refractivity contribution in [2.75, 3.05) is 16.0 Å². The number of halogens is 1. The maximum absolute atomic E-state index is 12.4. The Hall–Kier alpha value is -2.53. The van der Waals surface area contributed by atoms with Gasteiger partial charge in [-0.15, -0.1) is 0 Å². The highest BCUT2D eigenvalue weighted by Crippen LogP contribution is 2.25. The van der Waals surface area contributed by atoms with Crippen LogP contribution in [0.4, 0.5) is 21.9 Å². The number of nitrogens with one attached hydrogen (secondary N) is 3. The smallest absolute Gasteiger partial charge is 0.323 e. The van der Waals surface area contributed by atoms with Crippen LogP contribution in [0, 0.1) is 5.92 Å². The number of benzene rings is 2. The van der Waals surface area contributed by atoms with Crippen LogP contribution in [0.15, 0.2) is 48.5 Å². The van der Waals surface area contributed by atoms with Gasteiger partial charge in [-0.3, -0.25) is 4.79 Å². The van der Waals surface area contributed by atoms with Gasteiger partial charge in [0.2, 0.25) is 5.91 Å². The molecule has 0 saturated heterocycles. The molecule has 3 rings (SSSR count). The van der Waals surface area contributed by atoms with Gasteiger partial charge in [0.1, 0.15) is 0 Å². The number of rotatable bonds is 4. The summed E-state index contributed by atoms with van der Waals surface area (Å²) in [4.78, 5) is 24.5. The van der Waals surface area contributed by atoms with Crippen molar-refractivity contribution in [3.05, 3.63) is 53.6 Å². The fourth-order valence-corrected chi connectivity index (χ4v) is 3.33. The fraction of sp³-hybridized carbons (Fsp3) is 0.300. The van der Waals surface area contributed by atoms with Gasteiger partial charge in [0, 0.05) is 28.0 Å². The summed E-state index contributed by atoms with van der Waals surface area (Å²) in [5.74, 6) is 0.150. The lowest BCUT2D eigenvalue weighted by atomic mass is 9.88. The predicted molar refractivity (Wildman–Crippen MR) is 106 cm³/mol. The second-order valence-corrected chi connectivity index (χ2v) is 6.93. The number of hydrogen-bond donors (Lipinski definition) is 3. The van der Waals surface area contributed by atoms with Crippen molar-refractivity contribution in [3.8, 4) is 0 Å². The molecule has 26 heavy (non-hydrogen) atoms. The predicted octanol–water partition coefficient (Wildman–Crippen LogP) is 5.50. The molecule has 0 aromatic heterocycles. The van der Waals surface area contributed by atoms with Crippen molar-refractivity contribution in [3.63, 3.8) is 0 Å². The molecular weight excluding hydrogens is 350 g/mol. The molecule has 136 valence electrons. The standard InChI is InChI=1S/C20H22ClN3O2/c21-15-8-4-9-16(12-15)23-20(26)24-18-11-5-10-17(13-18)22-19(25)14-6-2-1-3-7-14/h4-5,8-14H,1-3,6-7H2,(H,22,25)(H2,23,24,26). The summed E-state index contributed by atoms with van der Waals surface area (Å²) >= 11 is 5.91. The average molecular weight is 372 g/mol. The van der Waals surface area contributed by atoms with Crippen molar-refractivity contribution in [2.24, 2.45) is 5.92 Å². The second kappa shape index (κ2) is 8.72. The molecule has 1 saturated carbocycles. The van der Waals surface area contributed by atoms with Gasteiger partial charge in [-0.2, -0.15) is 0 Å². The summed E-state index contributed by atoms with van der Waals surface area (Å²) in [6, 6.07) is 13.7. The van der Waals surface area contributed by atoms with Crippen LogP contribution in [0.25, 0.3) is 0 Å². The Kier molecular flexibility index (Phi) is 6.12. The Balaban J connectivity index is 1.58. The lowest BCUT2D eigenvalue weighted by molar-refractivity contribution is -0.120. The van der Waals surface area contributed by atoms with Crippen molar-refractivity contribution in [1.29, 1.82) is 0 Å². The summed E-state index contributed by atoms with van der Waals surface area (Å²) in [6.07, 6.45) is 5.34. The first kappa shape index (κ1) is 18.3. The molecule has 0 unspecified atom stereocenters. The fourth-order valence-electron chi connectivity index (χ4n) is 3.14. The molecule has 1 aliphatic carbocycles. The second-order valence-electron chi connectivity index (χ2n) is 6.49. The third kappa shape index (κ3) is 5.23. The van der Waals surface area contributed by atoms with Gasteiger partial charge < -0.3 is 16.0 Å². The Morgan fingerprint density at radius 1 is 0.808 bits per heavy atom. The molecule has 3 amide bonds. The third-order valence-corrected chi connectivity index (χ3v) is 4.68. The van der Waals surface area contributed by atoms with Gasteiger partial charge in [0.15, 0.2) is 0 Å². The molecule has 3 N–H and O–H groups in total. The van der Waals surface area contributed by atoms with Crippen molar-refractivity contribution >= 4 is 40.6 Å². The highest BCUT2D eigenvalue weighted by Gasteiger charge is 2.21. The maximum atomic E-state index is 12.4. The number of hydrogen-bond acceptors (Lipinski definition) is 2. The zero-order chi connectivity index (χ0) is 18.4. The van der Waals surface area contributed by atoms with E-state index in [0.717, 1.165) is 25.7 Å². The first-order valence-electron chi connectivity index (χ1n) is 8.85. The van der Waals surface area contributed by atoms with E-state index >= 15 is 0 Å². The number of anilines is 3. The van der Waals surface area contributed by atoms with E-state index in [0.29, 0.717) is 22.1 Å². The highest BCUT2D eigenvalue weighted by atomic mass is 35.5. The largest absolute Gasteiger partial charge is 0.326 e. The van der Waals surface area contributed by atoms with Gasteiger partial charge in [0.25, 0.3) is 0 Å². The van der Waals surface area contributed by atoms with Crippen molar-refractivity contribution in [2.45, 2.75) is 32.1 Å². The average Bonchev–Trinajstić information content (AvgIpc) is 2.62. The third-order valence-electron chi connectivity index (χ3n) is 4.45. The monoisotopic (exact) mass is 371 g/mol. The van der Waals surface area contributed by atoms with E-state index in [4.69, 9.17) is 11.6 Å². The molecule has 0 spiro atoms. The van der Waals surface area contributed by atoms with Crippen LogP contribution in [-0.4, -0.2) is 11.9 Å². The number of carbonyl (C=O) groups is 2. The minimum atomic E-state index is -0.372. The summed E-state index contributed by atoms with van der Waals surface area (Å²) in [6.45, 7) is 0. The molecule has 0 aliphatic heterocycles. The molecule has 6 heteroatoms. The van der Waals surface area contributed by atoms with Crippen LogP contribution in [0.1, 0.15) is 32.1 Å². The molecule has 0 bridgehead atoms. The van der Waals surface area contributed by atoms with E-state index in [1.54, 1.807) is 42.5 Å². The summed E-state index contributed by atoms with van der Waals surface area (Å²) < 4.78 is 0. The lowest BCUT2D eigenvalue weighted by Gasteiger charge is -2.20. The minimum Gasteiger partial charge on any atom is -0.326 e. The Bertz CT molecular complexity index is 788. The molecule has 2 aromatic rings. The van der Waals surface area contributed by atoms with Crippen LogP contribution < -0.4 is 16.0 Å². The SMILES string of the molecule is O=C(Nc1cccc(Cl)c1)Nc1cccc(NC(=O)C2CCCCC2)c1. The topological polar surface area (TPSA) is 70.2 Å².